The molecule has 63 heavy (non-hydrogen) atoms. The number of para-hydroxylation sites is 2. The highest BCUT2D eigenvalue weighted by atomic mass is 16.3. The van der Waals surface area contributed by atoms with Crippen molar-refractivity contribution in [2.75, 3.05) is 4.90 Å². The number of hydrogen-bond acceptors (Lipinski definition) is 2. The highest BCUT2D eigenvalue weighted by molar-refractivity contribution is 6.11. The van der Waals surface area contributed by atoms with Gasteiger partial charge >= 0.3 is 0 Å². The summed E-state index contributed by atoms with van der Waals surface area (Å²) in [5.41, 5.74) is 19.8. The molecule has 0 bridgehead atoms. The maximum absolute atomic E-state index is 6.70. The molecule has 1 aromatic heterocycles. The van der Waals surface area contributed by atoms with E-state index in [-0.39, 0.29) is 5.41 Å². The maximum atomic E-state index is 6.70. The van der Waals surface area contributed by atoms with Crippen LogP contribution in [0.3, 0.4) is 0 Å². The standard InChI is InChI=1S/C61H43NO/c1-61(2)54-19-7-5-16-53(54)59-55(61)20-11-21-56(59)62(57-22-10-18-52-51-15-6-8-23-58(51)63-60(52)57)48-38-36-45(37-39-48)43-30-28-41(29-31-43)40-24-26-42(27-25-40)44-32-34-47(35-33-44)50-17-9-13-46-12-3-4-14-49(46)50/h3-39H,1-2H3. The van der Waals surface area contributed by atoms with E-state index >= 15 is 0 Å². The van der Waals surface area contributed by atoms with Crippen LogP contribution in [0.1, 0.15) is 25.0 Å². The van der Waals surface area contributed by atoms with Crippen LogP contribution in [0.4, 0.5) is 17.1 Å². The SMILES string of the molecule is CC1(C)c2ccccc2-c2c(N(c3ccc(-c4ccc(-c5ccc(-c6ccc(-c7cccc8ccccc78)cc6)cc5)cc4)cc3)c3cccc4c3oc3ccccc34)cccc21. The minimum Gasteiger partial charge on any atom is -0.454 e. The van der Waals surface area contributed by atoms with Crippen LogP contribution >= 0.6 is 0 Å². The Balaban J connectivity index is 0.858. The van der Waals surface area contributed by atoms with Crippen molar-refractivity contribution in [3.05, 3.63) is 236 Å². The van der Waals surface area contributed by atoms with Crippen molar-refractivity contribution < 1.29 is 4.42 Å². The van der Waals surface area contributed by atoms with Gasteiger partial charge in [-0.25, -0.2) is 0 Å². The molecular formula is C61H43NO. The molecule has 10 aromatic carbocycles. The summed E-state index contributed by atoms with van der Waals surface area (Å²) < 4.78 is 6.70. The molecule has 0 spiro atoms. The second-order valence-corrected chi connectivity index (χ2v) is 17.3. The van der Waals surface area contributed by atoms with Gasteiger partial charge in [0.1, 0.15) is 5.58 Å². The van der Waals surface area contributed by atoms with E-state index in [1.807, 2.05) is 6.07 Å². The van der Waals surface area contributed by atoms with E-state index in [9.17, 15) is 0 Å². The average molecular weight is 806 g/mol. The Morgan fingerprint density at radius 1 is 0.349 bits per heavy atom. The zero-order valence-corrected chi connectivity index (χ0v) is 35.2. The molecule has 12 rings (SSSR count). The van der Waals surface area contributed by atoms with Gasteiger partial charge in [0, 0.05) is 27.4 Å². The Kier molecular flexibility index (Phi) is 8.55. The topological polar surface area (TPSA) is 16.4 Å². The van der Waals surface area contributed by atoms with Crippen molar-refractivity contribution in [3.63, 3.8) is 0 Å². The second-order valence-electron chi connectivity index (χ2n) is 17.3. The zero-order chi connectivity index (χ0) is 42.1. The summed E-state index contributed by atoms with van der Waals surface area (Å²) in [5.74, 6) is 0. The fourth-order valence-electron chi connectivity index (χ4n) is 10.1. The van der Waals surface area contributed by atoms with Gasteiger partial charge in [-0.3, -0.25) is 0 Å². The van der Waals surface area contributed by atoms with Crippen LogP contribution in [-0.2, 0) is 5.41 Å². The van der Waals surface area contributed by atoms with Gasteiger partial charge in [0.15, 0.2) is 5.58 Å². The molecular weight excluding hydrogens is 763 g/mol. The quantitative estimate of drug-likeness (QED) is 0.160. The first-order chi connectivity index (χ1) is 31.0. The van der Waals surface area contributed by atoms with Gasteiger partial charge in [0.05, 0.1) is 11.4 Å². The number of benzene rings is 10. The smallest absolute Gasteiger partial charge is 0.159 e. The van der Waals surface area contributed by atoms with Crippen LogP contribution in [0.2, 0.25) is 0 Å². The lowest BCUT2D eigenvalue weighted by Crippen LogP contribution is -2.16. The largest absolute Gasteiger partial charge is 0.454 e. The maximum Gasteiger partial charge on any atom is 0.159 e. The molecule has 0 radical (unpaired) electrons. The van der Waals surface area contributed by atoms with E-state index in [0.717, 1.165) is 39.0 Å². The first-order valence-corrected chi connectivity index (χ1v) is 21.8. The first-order valence-electron chi connectivity index (χ1n) is 21.8. The molecule has 298 valence electrons. The van der Waals surface area contributed by atoms with E-state index in [2.05, 4.69) is 237 Å². The molecule has 1 aliphatic carbocycles. The molecule has 0 atom stereocenters. The highest BCUT2D eigenvalue weighted by Gasteiger charge is 2.38. The van der Waals surface area contributed by atoms with E-state index < -0.39 is 0 Å². The lowest BCUT2D eigenvalue weighted by Gasteiger charge is -2.29. The summed E-state index contributed by atoms with van der Waals surface area (Å²) in [6.07, 6.45) is 0. The summed E-state index contributed by atoms with van der Waals surface area (Å²) in [6.45, 7) is 4.68. The Morgan fingerprint density at radius 2 is 0.810 bits per heavy atom. The molecule has 1 heterocycles. The van der Waals surface area contributed by atoms with Crippen molar-refractivity contribution in [1.29, 1.82) is 0 Å². The number of hydrogen-bond donors (Lipinski definition) is 0. The Hall–Kier alpha value is -7.94. The average Bonchev–Trinajstić information content (AvgIpc) is 3.84. The van der Waals surface area contributed by atoms with Gasteiger partial charge in [-0.15, -0.1) is 0 Å². The molecule has 2 heteroatoms. The third-order valence-corrected chi connectivity index (χ3v) is 13.3. The molecule has 0 unspecified atom stereocenters. The minimum atomic E-state index is -0.123. The third kappa shape index (κ3) is 6.09. The lowest BCUT2D eigenvalue weighted by atomic mass is 9.82. The monoisotopic (exact) mass is 805 g/mol. The molecule has 0 fully saturated rings. The van der Waals surface area contributed by atoms with Crippen LogP contribution in [0, 0.1) is 0 Å². The van der Waals surface area contributed by atoms with Gasteiger partial charge in [-0.1, -0.05) is 208 Å². The fourth-order valence-corrected chi connectivity index (χ4v) is 10.1. The Labute approximate surface area is 368 Å². The second kappa shape index (κ2) is 14.6. The Bertz CT molecular complexity index is 3500. The number of fused-ring (bicyclic) bond motifs is 7. The minimum absolute atomic E-state index is 0.123. The summed E-state index contributed by atoms with van der Waals surface area (Å²) in [7, 11) is 0. The lowest BCUT2D eigenvalue weighted by molar-refractivity contribution is 0.660. The zero-order valence-electron chi connectivity index (χ0n) is 35.2. The third-order valence-electron chi connectivity index (χ3n) is 13.3. The van der Waals surface area contributed by atoms with Crippen LogP contribution < -0.4 is 4.90 Å². The number of furan rings is 1. The van der Waals surface area contributed by atoms with Crippen molar-refractivity contribution >= 4 is 49.8 Å². The predicted molar refractivity (Wildman–Crippen MR) is 265 cm³/mol. The van der Waals surface area contributed by atoms with Gasteiger partial charge in [-0.2, -0.15) is 0 Å². The molecule has 0 saturated heterocycles. The van der Waals surface area contributed by atoms with Crippen molar-refractivity contribution in [3.8, 4) is 55.6 Å². The Morgan fingerprint density at radius 3 is 1.49 bits per heavy atom. The van der Waals surface area contributed by atoms with Crippen LogP contribution in [0.25, 0.3) is 88.3 Å². The van der Waals surface area contributed by atoms with E-state index in [0.29, 0.717) is 0 Å². The normalized spacial score (nSPS) is 12.7. The fraction of sp³-hybridized carbons (Fsp3) is 0.0492. The van der Waals surface area contributed by atoms with Gasteiger partial charge in [0.2, 0.25) is 0 Å². The van der Waals surface area contributed by atoms with Crippen LogP contribution in [-0.4, -0.2) is 0 Å². The molecule has 0 N–H and O–H groups in total. The van der Waals surface area contributed by atoms with Gasteiger partial charge in [-0.05, 0) is 102 Å². The van der Waals surface area contributed by atoms with Crippen molar-refractivity contribution in [1.82, 2.24) is 0 Å². The van der Waals surface area contributed by atoms with E-state index in [4.69, 9.17) is 4.42 Å². The molecule has 0 saturated carbocycles. The highest BCUT2D eigenvalue weighted by Crippen LogP contribution is 2.55. The molecule has 0 aliphatic heterocycles. The van der Waals surface area contributed by atoms with Gasteiger partial charge < -0.3 is 9.32 Å². The first kappa shape index (κ1) is 36.9. The van der Waals surface area contributed by atoms with E-state index in [1.54, 1.807) is 0 Å². The van der Waals surface area contributed by atoms with Crippen molar-refractivity contribution in [2.45, 2.75) is 19.3 Å². The van der Waals surface area contributed by atoms with Crippen LogP contribution in [0.5, 0.6) is 0 Å². The number of nitrogens with zero attached hydrogens (tertiary/aromatic N) is 1. The summed E-state index contributed by atoms with van der Waals surface area (Å²) in [5, 5.41) is 4.77. The number of anilines is 3. The summed E-state index contributed by atoms with van der Waals surface area (Å²) in [6, 6.07) is 81.4. The number of rotatable bonds is 7. The molecule has 1 aliphatic rings. The van der Waals surface area contributed by atoms with Crippen LogP contribution in [0.15, 0.2) is 229 Å². The molecule has 11 aromatic rings. The summed E-state index contributed by atoms with van der Waals surface area (Å²) in [4.78, 5) is 2.40. The summed E-state index contributed by atoms with van der Waals surface area (Å²) >= 11 is 0. The predicted octanol–water partition coefficient (Wildman–Crippen LogP) is 17.2. The van der Waals surface area contributed by atoms with E-state index in [1.165, 1.54) is 77.5 Å². The van der Waals surface area contributed by atoms with Gasteiger partial charge in [0.25, 0.3) is 0 Å². The van der Waals surface area contributed by atoms with Crippen molar-refractivity contribution in [2.24, 2.45) is 0 Å². The molecule has 0 amide bonds. The molecule has 2 nitrogen and oxygen atoms in total.